The maximum atomic E-state index is 5.10. The van der Waals surface area contributed by atoms with Crippen LogP contribution < -0.4 is 5.32 Å². The summed E-state index contributed by atoms with van der Waals surface area (Å²) in [5.41, 5.74) is 8.41. The molecule has 4 nitrogen and oxygen atoms in total. The quantitative estimate of drug-likeness (QED) is 0.212. The summed E-state index contributed by atoms with van der Waals surface area (Å²) >= 11 is 0. The molecule has 7 aromatic rings. The van der Waals surface area contributed by atoms with E-state index in [1.165, 1.54) is 10.8 Å². The molecule has 6 aromatic carbocycles. The molecule has 0 saturated heterocycles. The Labute approximate surface area is 256 Å². The van der Waals surface area contributed by atoms with Crippen LogP contribution >= 0.6 is 0 Å². The van der Waals surface area contributed by atoms with Crippen molar-refractivity contribution < 1.29 is 0 Å². The van der Waals surface area contributed by atoms with Crippen molar-refractivity contribution in [2.45, 2.75) is 6.17 Å². The minimum Gasteiger partial charge on any atom is -0.344 e. The summed E-state index contributed by atoms with van der Waals surface area (Å²) in [6.45, 7) is 0. The van der Waals surface area contributed by atoms with E-state index in [-0.39, 0.29) is 6.17 Å². The topological polar surface area (TPSA) is 49.6 Å². The lowest BCUT2D eigenvalue weighted by Crippen LogP contribution is -2.33. The molecule has 0 fully saturated rings. The first kappa shape index (κ1) is 25.8. The Balaban J connectivity index is 1.24. The van der Waals surface area contributed by atoms with E-state index in [9.17, 15) is 0 Å². The third kappa shape index (κ3) is 4.83. The van der Waals surface area contributed by atoms with Gasteiger partial charge in [-0.05, 0) is 39.6 Å². The lowest BCUT2D eigenvalue weighted by atomic mass is 9.94. The van der Waals surface area contributed by atoms with Crippen LogP contribution in [0.2, 0.25) is 0 Å². The molecule has 0 aliphatic carbocycles. The Morgan fingerprint density at radius 3 is 1.91 bits per heavy atom. The highest BCUT2D eigenvalue weighted by atomic mass is 15.2. The molecule has 2 heterocycles. The van der Waals surface area contributed by atoms with E-state index in [2.05, 4.69) is 121 Å². The number of benzene rings is 6. The van der Waals surface area contributed by atoms with Gasteiger partial charge in [0, 0.05) is 22.1 Å². The average Bonchev–Trinajstić information content (AvgIpc) is 3.12. The minimum atomic E-state index is -0.234. The van der Waals surface area contributed by atoms with Crippen molar-refractivity contribution in [3.63, 3.8) is 0 Å². The van der Waals surface area contributed by atoms with Gasteiger partial charge in [-0.25, -0.2) is 15.0 Å². The Kier molecular flexibility index (Phi) is 6.50. The van der Waals surface area contributed by atoms with Gasteiger partial charge in [0.25, 0.3) is 0 Å². The fourth-order valence-electron chi connectivity index (χ4n) is 5.92. The second-order valence-electron chi connectivity index (χ2n) is 10.9. The zero-order valence-electron chi connectivity index (χ0n) is 23.9. The average molecular weight is 565 g/mol. The molecule has 44 heavy (non-hydrogen) atoms. The zero-order chi connectivity index (χ0) is 29.3. The van der Waals surface area contributed by atoms with Gasteiger partial charge in [0.2, 0.25) is 0 Å². The molecule has 1 aromatic heterocycles. The first-order chi connectivity index (χ1) is 21.8. The van der Waals surface area contributed by atoms with Gasteiger partial charge in [0.05, 0.1) is 11.2 Å². The van der Waals surface area contributed by atoms with Crippen LogP contribution in [0.25, 0.3) is 44.1 Å². The Bertz CT molecular complexity index is 2170. The van der Waals surface area contributed by atoms with E-state index in [1.54, 1.807) is 0 Å². The standard InChI is InChI=1S/C40H28N4/c1-4-13-29(14-5-1)36-26-34(37-33-19-11-10-12-27(33)24-25-35(37)41-36)28-20-22-32(23-21-28)40-43-38(30-15-6-2-7-16-30)42-39(44-40)31-17-8-3-9-18-31/h1-26,38H,(H,42,43,44). The van der Waals surface area contributed by atoms with Crippen LogP contribution in [0, 0.1) is 0 Å². The molecule has 1 atom stereocenters. The summed E-state index contributed by atoms with van der Waals surface area (Å²) in [7, 11) is 0. The Morgan fingerprint density at radius 2 is 1.16 bits per heavy atom. The SMILES string of the molecule is c1ccc(C2=NC(c3ccccc3)NC(c3ccc(-c4cc(-c5ccccc5)nc5ccc6ccccc6c45)cc3)=N2)cc1. The highest BCUT2D eigenvalue weighted by molar-refractivity contribution is 6.15. The molecule has 4 heteroatoms. The monoisotopic (exact) mass is 564 g/mol. The number of amidine groups is 2. The molecule has 1 unspecified atom stereocenters. The lowest BCUT2D eigenvalue weighted by molar-refractivity contribution is 0.674. The van der Waals surface area contributed by atoms with Crippen molar-refractivity contribution >= 4 is 33.3 Å². The second-order valence-corrected chi connectivity index (χ2v) is 10.9. The fourth-order valence-corrected chi connectivity index (χ4v) is 5.92. The molecule has 8 rings (SSSR count). The van der Waals surface area contributed by atoms with Crippen LogP contribution in [0.5, 0.6) is 0 Å². The van der Waals surface area contributed by atoms with Crippen LogP contribution in [0.15, 0.2) is 168 Å². The van der Waals surface area contributed by atoms with E-state index in [0.717, 1.165) is 61.6 Å². The van der Waals surface area contributed by atoms with Gasteiger partial charge in [-0.3, -0.25) is 0 Å². The summed E-state index contributed by atoms with van der Waals surface area (Å²) in [6.07, 6.45) is -0.234. The summed E-state index contributed by atoms with van der Waals surface area (Å²) < 4.78 is 0. The van der Waals surface area contributed by atoms with E-state index >= 15 is 0 Å². The van der Waals surface area contributed by atoms with Gasteiger partial charge < -0.3 is 5.32 Å². The molecular weight excluding hydrogens is 536 g/mol. The highest BCUT2D eigenvalue weighted by Gasteiger charge is 2.21. The van der Waals surface area contributed by atoms with Gasteiger partial charge in [-0.15, -0.1) is 0 Å². The molecule has 0 bridgehead atoms. The number of fused-ring (bicyclic) bond motifs is 3. The van der Waals surface area contributed by atoms with Crippen LogP contribution in [-0.4, -0.2) is 16.7 Å². The summed E-state index contributed by atoms with van der Waals surface area (Å²) in [5, 5.41) is 7.14. The Hall–Kier alpha value is -5.87. The number of nitrogens with zero attached hydrogens (tertiary/aromatic N) is 3. The smallest absolute Gasteiger partial charge is 0.159 e. The van der Waals surface area contributed by atoms with Crippen molar-refractivity contribution in [1.29, 1.82) is 0 Å². The summed E-state index contributed by atoms with van der Waals surface area (Å²) in [4.78, 5) is 15.1. The zero-order valence-corrected chi connectivity index (χ0v) is 23.9. The Morgan fingerprint density at radius 1 is 0.523 bits per heavy atom. The normalized spacial score (nSPS) is 14.6. The number of nitrogens with one attached hydrogen (secondary N) is 1. The number of pyridine rings is 1. The molecule has 1 aliphatic heterocycles. The van der Waals surface area contributed by atoms with E-state index in [0.29, 0.717) is 0 Å². The van der Waals surface area contributed by atoms with Crippen LogP contribution in [0.4, 0.5) is 0 Å². The first-order valence-electron chi connectivity index (χ1n) is 14.8. The molecule has 1 N–H and O–H groups in total. The number of aromatic nitrogens is 1. The molecule has 0 spiro atoms. The third-order valence-electron chi connectivity index (χ3n) is 8.13. The highest BCUT2D eigenvalue weighted by Crippen LogP contribution is 2.36. The minimum absolute atomic E-state index is 0.234. The van der Waals surface area contributed by atoms with Crippen molar-refractivity contribution in [3.05, 3.63) is 174 Å². The molecule has 1 aliphatic rings. The van der Waals surface area contributed by atoms with E-state index < -0.39 is 0 Å². The molecule has 0 saturated carbocycles. The van der Waals surface area contributed by atoms with E-state index in [1.807, 2.05) is 42.5 Å². The maximum absolute atomic E-state index is 5.10. The summed E-state index contributed by atoms with van der Waals surface area (Å²) in [5.74, 6) is 1.52. The molecular formula is C40H28N4. The van der Waals surface area contributed by atoms with Crippen LogP contribution in [0.3, 0.4) is 0 Å². The van der Waals surface area contributed by atoms with Gasteiger partial charge in [-0.1, -0.05) is 146 Å². The predicted octanol–water partition coefficient (Wildman–Crippen LogP) is 9.22. The van der Waals surface area contributed by atoms with E-state index in [4.69, 9.17) is 15.0 Å². The molecule has 208 valence electrons. The molecule has 0 radical (unpaired) electrons. The largest absolute Gasteiger partial charge is 0.344 e. The maximum Gasteiger partial charge on any atom is 0.159 e. The molecule has 0 amide bonds. The van der Waals surface area contributed by atoms with Gasteiger partial charge in [-0.2, -0.15) is 0 Å². The summed E-state index contributed by atoms with van der Waals surface area (Å²) in [6, 6.07) is 54.6. The first-order valence-corrected chi connectivity index (χ1v) is 14.8. The van der Waals surface area contributed by atoms with Crippen molar-refractivity contribution in [3.8, 4) is 22.4 Å². The number of hydrogen-bond acceptors (Lipinski definition) is 4. The second kappa shape index (κ2) is 11.1. The fraction of sp³-hybridized carbons (Fsp3) is 0.0250. The number of aliphatic imine (C=N–C) groups is 2. The lowest BCUT2D eigenvalue weighted by Gasteiger charge is -2.23. The van der Waals surface area contributed by atoms with Gasteiger partial charge in [0.1, 0.15) is 12.0 Å². The number of hydrogen-bond donors (Lipinski definition) is 1. The predicted molar refractivity (Wildman–Crippen MR) is 182 cm³/mol. The van der Waals surface area contributed by atoms with Crippen molar-refractivity contribution in [1.82, 2.24) is 10.3 Å². The van der Waals surface area contributed by atoms with Crippen LogP contribution in [0.1, 0.15) is 22.9 Å². The van der Waals surface area contributed by atoms with Gasteiger partial charge >= 0.3 is 0 Å². The number of rotatable bonds is 5. The van der Waals surface area contributed by atoms with Crippen molar-refractivity contribution in [2.24, 2.45) is 9.98 Å². The van der Waals surface area contributed by atoms with Gasteiger partial charge in [0.15, 0.2) is 5.84 Å². The van der Waals surface area contributed by atoms with Crippen molar-refractivity contribution in [2.75, 3.05) is 0 Å². The third-order valence-corrected chi connectivity index (χ3v) is 8.13. The van der Waals surface area contributed by atoms with Crippen LogP contribution in [-0.2, 0) is 0 Å².